The van der Waals surface area contributed by atoms with E-state index in [0.717, 1.165) is 0 Å². The number of carboxylic acid groups (broad SMARTS) is 1. The van der Waals surface area contributed by atoms with E-state index >= 15 is 0 Å². The van der Waals surface area contributed by atoms with Gasteiger partial charge in [0.1, 0.15) is 0 Å². The monoisotopic (exact) mass is 608 g/mol. The third kappa shape index (κ3) is 3.93. The van der Waals surface area contributed by atoms with E-state index in [1.807, 2.05) is 67.8 Å². The molecular weight excluding hydrogens is 599 g/mol. The Kier molecular flexibility index (Phi) is 6.43. The van der Waals surface area contributed by atoms with Crippen LogP contribution in [0, 0.1) is 10.7 Å². The maximum atomic E-state index is 11.4. The molecule has 0 bridgehead atoms. The van der Waals surface area contributed by atoms with Crippen LogP contribution in [0.1, 0.15) is 24.2 Å². The van der Waals surface area contributed by atoms with Crippen molar-refractivity contribution in [1.82, 2.24) is 0 Å². The van der Waals surface area contributed by atoms with E-state index in [1.165, 1.54) is 13.8 Å². The highest BCUT2D eigenvalue weighted by Gasteiger charge is 2.25. The van der Waals surface area contributed by atoms with E-state index in [0.29, 0.717) is 22.1 Å². The van der Waals surface area contributed by atoms with Crippen LogP contribution in [0.2, 0.25) is 0 Å². The molecule has 0 unspecified atom stereocenters. The van der Waals surface area contributed by atoms with Gasteiger partial charge in [-0.15, -0.1) is 0 Å². The molecule has 0 aliphatic rings. The number of hydrogen-bond acceptors (Lipinski definition) is 3. The lowest BCUT2D eigenvalue weighted by atomic mass is 10.1. The Labute approximate surface area is 155 Å². The van der Waals surface area contributed by atoms with E-state index in [4.69, 9.17) is 0 Å². The molecule has 0 radical (unpaired) electrons. The summed E-state index contributed by atoms with van der Waals surface area (Å²) in [4.78, 5) is 33.9. The fourth-order valence-corrected chi connectivity index (χ4v) is 5.59. The second-order valence-corrected chi connectivity index (χ2v) is 6.97. The average molecular weight is 608 g/mol. The van der Waals surface area contributed by atoms with Crippen molar-refractivity contribution in [2.24, 2.45) is 0 Å². The summed E-state index contributed by atoms with van der Waals surface area (Å²) in [5.41, 5.74) is 0.833. The van der Waals surface area contributed by atoms with Gasteiger partial charge in [0, 0.05) is 13.8 Å². The Morgan fingerprint density at radius 1 is 0.850 bits per heavy atom. The molecule has 1 aromatic carbocycles. The number of hydrogen-bond donors (Lipinski definition) is 3. The smallest absolute Gasteiger partial charge is 0.338 e. The minimum Gasteiger partial charge on any atom is -0.478 e. The predicted octanol–water partition coefficient (Wildman–Crippen LogP) is 3.12. The van der Waals surface area contributed by atoms with E-state index in [2.05, 4.69) is 10.6 Å². The molecule has 0 spiro atoms. The van der Waals surface area contributed by atoms with Gasteiger partial charge in [0.15, 0.2) is 0 Å². The Bertz CT molecular complexity index is 573. The summed E-state index contributed by atoms with van der Waals surface area (Å²) < 4.78 is 1.44. The Morgan fingerprint density at radius 3 is 1.45 bits per heavy atom. The number of nitrogens with one attached hydrogen (secondary N) is 2. The molecule has 20 heavy (non-hydrogen) atoms. The highest BCUT2D eigenvalue weighted by Crippen LogP contribution is 2.38. The number of carbonyl (C=O) groups is 3. The molecule has 0 saturated heterocycles. The first-order valence-corrected chi connectivity index (χ1v) is 8.39. The van der Waals surface area contributed by atoms with Gasteiger partial charge in [-0.05, 0) is 67.8 Å². The van der Waals surface area contributed by atoms with Crippen LogP contribution in [0.15, 0.2) is 0 Å². The Hall–Kier alpha value is -0.180. The molecular formula is C11H9I3N2O4. The summed E-state index contributed by atoms with van der Waals surface area (Å²) in [6, 6.07) is 0. The summed E-state index contributed by atoms with van der Waals surface area (Å²) in [7, 11) is 0. The number of carbonyl (C=O) groups excluding carboxylic acids is 2. The number of rotatable bonds is 3. The highest BCUT2D eigenvalue weighted by atomic mass is 125. The molecule has 108 valence electrons. The molecule has 6 nitrogen and oxygen atoms in total. The van der Waals surface area contributed by atoms with Gasteiger partial charge in [0.05, 0.1) is 27.6 Å². The quantitative estimate of drug-likeness (QED) is 0.461. The molecule has 0 aliphatic heterocycles. The van der Waals surface area contributed by atoms with Gasteiger partial charge in [0.25, 0.3) is 0 Å². The van der Waals surface area contributed by atoms with Crippen LogP contribution in [-0.4, -0.2) is 22.9 Å². The maximum Gasteiger partial charge on any atom is 0.338 e. The van der Waals surface area contributed by atoms with Gasteiger partial charge in [-0.1, -0.05) is 0 Å². The number of aromatic carboxylic acids is 1. The van der Waals surface area contributed by atoms with Crippen LogP contribution in [-0.2, 0) is 9.59 Å². The van der Waals surface area contributed by atoms with E-state index in [1.54, 1.807) is 0 Å². The molecule has 0 atom stereocenters. The summed E-state index contributed by atoms with van der Waals surface area (Å²) in [6.45, 7) is 2.67. The molecule has 3 N–H and O–H groups in total. The first kappa shape index (κ1) is 17.9. The third-order valence-electron chi connectivity index (χ3n) is 2.13. The van der Waals surface area contributed by atoms with Gasteiger partial charge in [-0.3, -0.25) is 9.59 Å². The Balaban J connectivity index is 3.68. The van der Waals surface area contributed by atoms with Crippen molar-refractivity contribution in [3.63, 3.8) is 0 Å². The number of amides is 2. The van der Waals surface area contributed by atoms with Crippen LogP contribution in [0.5, 0.6) is 0 Å². The lowest BCUT2D eigenvalue weighted by molar-refractivity contribution is -0.115. The second-order valence-electron chi connectivity index (χ2n) is 3.73. The van der Waals surface area contributed by atoms with Crippen LogP contribution < -0.4 is 10.6 Å². The fraction of sp³-hybridized carbons (Fsp3) is 0.182. The van der Waals surface area contributed by atoms with Gasteiger partial charge in [0.2, 0.25) is 11.8 Å². The van der Waals surface area contributed by atoms with Crippen molar-refractivity contribution in [2.45, 2.75) is 13.8 Å². The zero-order chi connectivity index (χ0) is 15.6. The lowest BCUT2D eigenvalue weighted by Gasteiger charge is -2.17. The summed E-state index contributed by atoms with van der Waals surface area (Å²) in [6.07, 6.45) is 0. The van der Waals surface area contributed by atoms with Crippen molar-refractivity contribution >= 4 is 96.9 Å². The zero-order valence-corrected chi connectivity index (χ0v) is 16.8. The molecule has 1 aromatic rings. The fourth-order valence-electron chi connectivity index (χ4n) is 1.42. The average Bonchev–Trinajstić information content (AvgIpc) is 2.29. The number of halogens is 3. The minimum absolute atomic E-state index is 0.0547. The van der Waals surface area contributed by atoms with Gasteiger partial charge in [-0.2, -0.15) is 0 Å². The minimum atomic E-state index is -1.12. The summed E-state index contributed by atoms with van der Waals surface area (Å²) in [5.74, 6) is -1.74. The zero-order valence-electron chi connectivity index (χ0n) is 10.3. The van der Waals surface area contributed by atoms with Gasteiger partial charge in [-0.25, -0.2) is 4.79 Å². The molecule has 0 heterocycles. The first-order valence-electron chi connectivity index (χ1n) is 5.15. The van der Waals surface area contributed by atoms with E-state index in [-0.39, 0.29) is 17.4 Å². The largest absolute Gasteiger partial charge is 0.478 e. The van der Waals surface area contributed by atoms with Crippen molar-refractivity contribution in [1.29, 1.82) is 0 Å². The van der Waals surface area contributed by atoms with Gasteiger partial charge >= 0.3 is 5.97 Å². The summed E-state index contributed by atoms with van der Waals surface area (Å²) in [5, 5.41) is 14.5. The van der Waals surface area contributed by atoms with E-state index in [9.17, 15) is 19.5 Å². The van der Waals surface area contributed by atoms with Crippen molar-refractivity contribution in [2.75, 3.05) is 10.6 Å². The van der Waals surface area contributed by atoms with Crippen molar-refractivity contribution in [3.05, 3.63) is 16.3 Å². The topological polar surface area (TPSA) is 95.5 Å². The number of benzene rings is 1. The molecule has 1 rings (SSSR count). The first-order chi connectivity index (χ1) is 9.16. The molecule has 2 amide bonds. The molecule has 0 fully saturated rings. The normalized spacial score (nSPS) is 10.1. The standard InChI is InChI=1S/C11H9I3N2O4/c1-3(17)15-9-6(12)5(11(19)20)7(13)10(8(9)14)16-4(2)18/h1-2H3,(H,15,17)(H,16,18)(H,19,20)/i12-2,13-2,14-2. The van der Waals surface area contributed by atoms with Crippen LogP contribution in [0.4, 0.5) is 11.4 Å². The predicted molar refractivity (Wildman–Crippen MR) is 100 cm³/mol. The van der Waals surface area contributed by atoms with Crippen LogP contribution in [0.3, 0.4) is 0 Å². The second kappa shape index (κ2) is 7.20. The molecule has 0 saturated carbocycles. The van der Waals surface area contributed by atoms with Crippen LogP contribution in [0.25, 0.3) is 0 Å². The summed E-state index contributed by atoms with van der Waals surface area (Å²) >= 11 is 5.71. The molecule has 0 aromatic heterocycles. The maximum absolute atomic E-state index is 11.4. The number of anilines is 2. The number of carboxylic acids is 1. The van der Waals surface area contributed by atoms with Crippen molar-refractivity contribution < 1.29 is 19.5 Å². The van der Waals surface area contributed by atoms with Crippen LogP contribution >= 0.6 is 67.8 Å². The van der Waals surface area contributed by atoms with Crippen molar-refractivity contribution in [3.8, 4) is 0 Å². The third-order valence-corrected chi connectivity index (χ3v) is 5.37. The molecule has 9 heteroatoms. The highest BCUT2D eigenvalue weighted by molar-refractivity contribution is 14.1. The lowest BCUT2D eigenvalue weighted by Crippen LogP contribution is -2.17. The van der Waals surface area contributed by atoms with E-state index < -0.39 is 5.97 Å². The Morgan fingerprint density at radius 2 is 1.20 bits per heavy atom. The van der Waals surface area contributed by atoms with Gasteiger partial charge < -0.3 is 15.7 Å². The molecule has 0 aliphatic carbocycles. The SMILES string of the molecule is CC(=O)Nc1c([125I])c(NC(C)=O)c([125I])c(C(=O)O)c1[125I].